The quantitative estimate of drug-likeness (QED) is 0.740. The molecule has 0 aliphatic heterocycles. The van der Waals surface area contributed by atoms with Crippen LogP contribution >= 0.6 is 0 Å². The van der Waals surface area contributed by atoms with Gasteiger partial charge in [-0.2, -0.15) is 5.26 Å². The molecule has 2 N–H and O–H groups in total. The van der Waals surface area contributed by atoms with Gasteiger partial charge in [-0.15, -0.1) is 0 Å². The second kappa shape index (κ2) is 3.93. The zero-order valence-electron chi connectivity index (χ0n) is 7.08. The first-order valence-electron chi connectivity index (χ1n) is 3.99. The molecule has 3 nitrogen and oxygen atoms in total. The van der Waals surface area contributed by atoms with Gasteiger partial charge in [0.2, 0.25) is 0 Å². The van der Waals surface area contributed by atoms with Crippen LogP contribution in [0.4, 0.5) is 0 Å². The predicted molar refractivity (Wildman–Crippen MR) is 45.2 cm³/mol. The molecule has 0 aliphatic rings. The summed E-state index contributed by atoms with van der Waals surface area (Å²) in [5.41, 5.74) is 7.42. The molecule has 0 fully saturated rings. The summed E-state index contributed by atoms with van der Waals surface area (Å²) < 4.78 is 4.99. The fourth-order valence-corrected chi connectivity index (χ4v) is 1.15. The van der Waals surface area contributed by atoms with Crippen molar-refractivity contribution >= 4 is 0 Å². The molecule has 1 heterocycles. The summed E-state index contributed by atoms with van der Waals surface area (Å²) in [5, 5.41) is 8.58. The Kier molecular flexibility index (Phi) is 2.89. The van der Waals surface area contributed by atoms with Gasteiger partial charge in [0.25, 0.3) is 0 Å². The standard InChI is InChI=1S/C9H12N2O/c1-2-3-7-5-12-6-8(7)9(11)4-10/h5-6,9H,2-3,11H2,1H3. The third-order valence-electron chi connectivity index (χ3n) is 1.77. The number of rotatable bonds is 3. The van der Waals surface area contributed by atoms with Crippen LogP contribution in [-0.2, 0) is 6.42 Å². The lowest BCUT2D eigenvalue weighted by Gasteiger charge is -2.01. The van der Waals surface area contributed by atoms with Crippen molar-refractivity contribution in [3.05, 3.63) is 23.7 Å². The first-order chi connectivity index (χ1) is 5.79. The molecule has 0 radical (unpaired) electrons. The van der Waals surface area contributed by atoms with Crippen LogP contribution in [0, 0.1) is 11.3 Å². The molecule has 0 aliphatic carbocycles. The van der Waals surface area contributed by atoms with Crippen LogP contribution in [0.25, 0.3) is 0 Å². The summed E-state index contributed by atoms with van der Waals surface area (Å²) >= 11 is 0. The molecule has 0 saturated carbocycles. The van der Waals surface area contributed by atoms with E-state index in [1.165, 1.54) is 0 Å². The highest BCUT2D eigenvalue weighted by Crippen LogP contribution is 2.18. The first kappa shape index (κ1) is 8.82. The fraction of sp³-hybridized carbons (Fsp3) is 0.444. The zero-order chi connectivity index (χ0) is 8.97. The number of hydrogen-bond donors (Lipinski definition) is 1. The number of furan rings is 1. The van der Waals surface area contributed by atoms with Crippen molar-refractivity contribution < 1.29 is 4.42 Å². The molecule has 12 heavy (non-hydrogen) atoms. The molecule has 1 aromatic heterocycles. The van der Waals surface area contributed by atoms with Gasteiger partial charge in [-0.3, -0.25) is 0 Å². The molecular weight excluding hydrogens is 152 g/mol. The van der Waals surface area contributed by atoms with Gasteiger partial charge in [-0.25, -0.2) is 0 Å². The van der Waals surface area contributed by atoms with Crippen LogP contribution in [0.5, 0.6) is 0 Å². The molecule has 3 heteroatoms. The highest BCUT2D eigenvalue weighted by Gasteiger charge is 2.11. The summed E-state index contributed by atoms with van der Waals surface area (Å²) in [6.07, 6.45) is 5.17. The summed E-state index contributed by atoms with van der Waals surface area (Å²) in [7, 11) is 0. The molecule has 0 bridgehead atoms. The minimum atomic E-state index is -0.551. The van der Waals surface area contributed by atoms with E-state index in [9.17, 15) is 0 Å². The highest BCUT2D eigenvalue weighted by molar-refractivity contribution is 5.28. The van der Waals surface area contributed by atoms with E-state index in [0.29, 0.717) is 0 Å². The van der Waals surface area contributed by atoms with E-state index in [4.69, 9.17) is 15.4 Å². The fourth-order valence-electron chi connectivity index (χ4n) is 1.15. The second-order valence-corrected chi connectivity index (χ2v) is 2.71. The minimum absolute atomic E-state index is 0.551. The molecule has 1 unspecified atom stereocenters. The number of nitrogens with zero attached hydrogens (tertiary/aromatic N) is 1. The van der Waals surface area contributed by atoms with Crippen molar-refractivity contribution in [2.45, 2.75) is 25.8 Å². The van der Waals surface area contributed by atoms with E-state index in [1.54, 1.807) is 12.5 Å². The van der Waals surface area contributed by atoms with E-state index in [-0.39, 0.29) is 0 Å². The van der Waals surface area contributed by atoms with Gasteiger partial charge in [0.1, 0.15) is 6.04 Å². The Bertz CT molecular complexity index is 285. The van der Waals surface area contributed by atoms with Crippen molar-refractivity contribution in [2.75, 3.05) is 0 Å². The zero-order valence-corrected chi connectivity index (χ0v) is 7.08. The number of nitrogens with two attached hydrogens (primary N) is 1. The Balaban J connectivity index is 2.85. The molecule has 1 aromatic rings. The number of nitriles is 1. The average molecular weight is 164 g/mol. The average Bonchev–Trinajstić information content (AvgIpc) is 2.52. The van der Waals surface area contributed by atoms with E-state index >= 15 is 0 Å². The maximum Gasteiger partial charge on any atom is 0.122 e. The highest BCUT2D eigenvalue weighted by atomic mass is 16.3. The van der Waals surface area contributed by atoms with Crippen molar-refractivity contribution in [1.82, 2.24) is 0 Å². The normalized spacial score (nSPS) is 12.4. The lowest BCUT2D eigenvalue weighted by Crippen LogP contribution is -2.08. The summed E-state index contributed by atoms with van der Waals surface area (Å²) in [4.78, 5) is 0. The lowest BCUT2D eigenvalue weighted by atomic mass is 10.0. The van der Waals surface area contributed by atoms with Crippen molar-refractivity contribution in [1.29, 1.82) is 5.26 Å². The van der Waals surface area contributed by atoms with E-state index in [1.807, 2.05) is 6.07 Å². The van der Waals surface area contributed by atoms with Crippen LogP contribution in [0.3, 0.4) is 0 Å². The summed E-state index contributed by atoms with van der Waals surface area (Å²) in [5.74, 6) is 0. The van der Waals surface area contributed by atoms with Gasteiger partial charge < -0.3 is 10.2 Å². The van der Waals surface area contributed by atoms with Crippen LogP contribution in [0.1, 0.15) is 30.5 Å². The number of hydrogen-bond acceptors (Lipinski definition) is 3. The molecular formula is C9H12N2O. The van der Waals surface area contributed by atoms with Gasteiger partial charge in [-0.1, -0.05) is 13.3 Å². The van der Waals surface area contributed by atoms with Gasteiger partial charge >= 0.3 is 0 Å². The predicted octanol–water partition coefficient (Wildman–Crippen LogP) is 1.76. The van der Waals surface area contributed by atoms with E-state index < -0.39 is 6.04 Å². The maximum atomic E-state index is 8.58. The first-order valence-corrected chi connectivity index (χ1v) is 3.99. The van der Waals surface area contributed by atoms with Crippen LogP contribution in [0.15, 0.2) is 16.9 Å². The number of aryl methyl sites for hydroxylation is 1. The lowest BCUT2D eigenvalue weighted by molar-refractivity contribution is 0.560. The molecule has 64 valence electrons. The molecule has 1 rings (SSSR count). The summed E-state index contributed by atoms with van der Waals surface area (Å²) in [6, 6.07) is 1.43. The van der Waals surface area contributed by atoms with Crippen LogP contribution < -0.4 is 5.73 Å². The Morgan fingerprint density at radius 2 is 2.42 bits per heavy atom. The Morgan fingerprint density at radius 1 is 1.67 bits per heavy atom. The SMILES string of the molecule is CCCc1cocc1C(N)C#N. The second-order valence-electron chi connectivity index (χ2n) is 2.71. The minimum Gasteiger partial charge on any atom is -0.472 e. The van der Waals surface area contributed by atoms with Crippen LogP contribution in [-0.4, -0.2) is 0 Å². The largest absolute Gasteiger partial charge is 0.472 e. The third-order valence-corrected chi connectivity index (χ3v) is 1.77. The molecule has 0 saturated heterocycles. The Morgan fingerprint density at radius 3 is 3.00 bits per heavy atom. The Labute approximate surface area is 71.8 Å². The van der Waals surface area contributed by atoms with Crippen molar-refractivity contribution in [3.63, 3.8) is 0 Å². The van der Waals surface area contributed by atoms with Crippen LogP contribution in [0.2, 0.25) is 0 Å². The van der Waals surface area contributed by atoms with E-state index in [2.05, 4.69) is 6.92 Å². The van der Waals surface area contributed by atoms with Crippen molar-refractivity contribution in [2.24, 2.45) is 5.73 Å². The molecule has 0 aromatic carbocycles. The molecule has 1 atom stereocenters. The van der Waals surface area contributed by atoms with Gasteiger partial charge in [0.15, 0.2) is 0 Å². The van der Waals surface area contributed by atoms with Crippen molar-refractivity contribution in [3.8, 4) is 6.07 Å². The van der Waals surface area contributed by atoms with Gasteiger partial charge in [0.05, 0.1) is 18.6 Å². The monoisotopic (exact) mass is 164 g/mol. The van der Waals surface area contributed by atoms with E-state index in [0.717, 1.165) is 24.0 Å². The topological polar surface area (TPSA) is 62.9 Å². The Hall–Kier alpha value is -1.27. The molecule has 0 amide bonds. The smallest absolute Gasteiger partial charge is 0.122 e. The summed E-state index contributed by atoms with van der Waals surface area (Å²) in [6.45, 7) is 2.08. The van der Waals surface area contributed by atoms with Gasteiger partial charge in [-0.05, 0) is 12.0 Å². The maximum absolute atomic E-state index is 8.58. The van der Waals surface area contributed by atoms with Gasteiger partial charge in [0, 0.05) is 5.56 Å². The third kappa shape index (κ3) is 1.66. The molecule has 0 spiro atoms.